The van der Waals surface area contributed by atoms with E-state index < -0.39 is 18.2 Å². The number of halogens is 2. The van der Waals surface area contributed by atoms with E-state index in [1.54, 1.807) is 0 Å². The van der Waals surface area contributed by atoms with E-state index in [0.717, 1.165) is 47.1 Å². The molecular formula is C24H27F2N5O2S. The Morgan fingerprint density at radius 3 is 2.62 bits per heavy atom. The van der Waals surface area contributed by atoms with Gasteiger partial charge in [-0.3, -0.25) is 9.59 Å². The van der Waals surface area contributed by atoms with Crippen LogP contribution in [0, 0.1) is 11.3 Å². The minimum absolute atomic E-state index is 0.0822. The highest BCUT2D eigenvalue weighted by molar-refractivity contribution is 7.17. The number of nitrogens with two attached hydrogens (primary N) is 1. The van der Waals surface area contributed by atoms with Gasteiger partial charge in [-0.1, -0.05) is 20.8 Å². The van der Waals surface area contributed by atoms with Crippen molar-refractivity contribution in [2.24, 2.45) is 17.1 Å². The van der Waals surface area contributed by atoms with Crippen LogP contribution in [0.5, 0.6) is 0 Å². The average molecular weight is 488 g/mol. The van der Waals surface area contributed by atoms with Crippen molar-refractivity contribution in [2.75, 3.05) is 5.32 Å². The maximum Gasteiger partial charge on any atom is 0.280 e. The van der Waals surface area contributed by atoms with Crippen LogP contribution in [0.15, 0.2) is 12.3 Å². The number of anilines is 1. The van der Waals surface area contributed by atoms with E-state index in [1.807, 2.05) is 0 Å². The number of alkyl halides is 2. The molecule has 7 nitrogen and oxygen atoms in total. The van der Waals surface area contributed by atoms with Crippen molar-refractivity contribution in [1.29, 1.82) is 0 Å². The third-order valence-corrected chi connectivity index (χ3v) is 8.12. The Morgan fingerprint density at radius 2 is 2.00 bits per heavy atom. The standard InChI is InChI=1S/C24H27F2N5O2S/c1-24(2,3)12-6-7-13-17(8-12)34-23(18(13)20(27)32)30-22(33)14-10-28-31-16(19(25)26)9-15(11-4-5-11)29-21(14)31/h9-12,19H,4-8H2,1-3H3,(H2,27,32)(H,30,33)/t12-/m0/s1. The molecule has 1 saturated carbocycles. The van der Waals surface area contributed by atoms with E-state index in [2.05, 4.69) is 36.2 Å². The summed E-state index contributed by atoms with van der Waals surface area (Å²) >= 11 is 1.37. The van der Waals surface area contributed by atoms with Crippen LogP contribution in [0.4, 0.5) is 13.8 Å². The number of hydrogen-bond donors (Lipinski definition) is 2. The molecule has 180 valence electrons. The van der Waals surface area contributed by atoms with E-state index in [9.17, 15) is 18.4 Å². The Kier molecular flexibility index (Phi) is 5.46. The zero-order chi connectivity index (χ0) is 24.4. The van der Waals surface area contributed by atoms with Crippen molar-refractivity contribution < 1.29 is 18.4 Å². The molecule has 0 bridgehead atoms. The fraction of sp³-hybridized carbons (Fsp3) is 0.500. The Bertz CT molecular complexity index is 1300. The Morgan fingerprint density at radius 1 is 1.26 bits per heavy atom. The Labute approximate surface area is 199 Å². The fourth-order valence-corrected chi connectivity index (χ4v) is 6.08. The number of rotatable bonds is 5. The van der Waals surface area contributed by atoms with Crippen LogP contribution in [-0.2, 0) is 12.8 Å². The van der Waals surface area contributed by atoms with E-state index in [1.165, 1.54) is 23.6 Å². The number of primary amides is 1. The molecule has 5 rings (SSSR count). The van der Waals surface area contributed by atoms with E-state index in [0.29, 0.717) is 22.2 Å². The third kappa shape index (κ3) is 3.97. The van der Waals surface area contributed by atoms with Gasteiger partial charge in [0.05, 0.1) is 11.8 Å². The predicted molar refractivity (Wildman–Crippen MR) is 126 cm³/mol. The number of thiophene rings is 1. The predicted octanol–water partition coefficient (Wildman–Crippen LogP) is 5.11. The van der Waals surface area contributed by atoms with Crippen LogP contribution in [0.1, 0.15) is 94.9 Å². The van der Waals surface area contributed by atoms with Crippen molar-refractivity contribution in [2.45, 2.75) is 65.2 Å². The molecular weight excluding hydrogens is 460 g/mol. The number of nitrogens with zero attached hydrogens (tertiary/aromatic N) is 3. The molecule has 0 saturated heterocycles. The smallest absolute Gasteiger partial charge is 0.280 e. The topological polar surface area (TPSA) is 102 Å². The first-order valence-electron chi connectivity index (χ1n) is 11.5. The van der Waals surface area contributed by atoms with Crippen LogP contribution in [0.2, 0.25) is 0 Å². The number of amides is 2. The summed E-state index contributed by atoms with van der Waals surface area (Å²) in [7, 11) is 0. The van der Waals surface area contributed by atoms with Gasteiger partial charge in [0, 0.05) is 16.5 Å². The summed E-state index contributed by atoms with van der Waals surface area (Å²) in [4.78, 5) is 31.1. The molecule has 3 heterocycles. The molecule has 0 unspecified atom stereocenters. The van der Waals surface area contributed by atoms with Gasteiger partial charge in [-0.25, -0.2) is 18.3 Å². The molecule has 1 fully saturated rings. The van der Waals surface area contributed by atoms with Gasteiger partial charge in [0.1, 0.15) is 16.3 Å². The summed E-state index contributed by atoms with van der Waals surface area (Å²) in [6, 6.07) is 1.37. The van der Waals surface area contributed by atoms with Crippen molar-refractivity contribution in [3.63, 3.8) is 0 Å². The second kappa shape index (κ2) is 8.11. The first kappa shape index (κ1) is 22.9. The summed E-state index contributed by atoms with van der Waals surface area (Å²) < 4.78 is 28.4. The molecule has 2 aliphatic carbocycles. The second-order valence-electron chi connectivity index (χ2n) is 10.3. The molecule has 0 aliphatic heterocycles. The van der Waals surface area contributed by atoms with Crippen molar-refractivity contribution in [1.82, 2.24) is 14.6 Å². The van der Waals surface area contributed by atoms with Crippen molar-refractivity contribution >= 4 is 33.8 Å². The minimum Gasteiger partial charge on any atom is -0.365 e. The highest BCUT2D eigenvalue weighted by Gasteiger charge is 2.34. The van der Waals surface area contributed by atoms with Crippen LogP contribution in [0.25, 0.3) is 5.65 Å². The van der Waals surface area contributed by atoms with Gasteiger partial charge in [-0.05, 0) is 55.1 Å². The lowest BCUT2D eigenvalue weighted by Gasteiger charge is -2.33. The number of aromatic nitrogens is 3. The fourth-order valence-electron chi connectivity index (χ4n) is 4.75. The molecule has 2 aliphatic rings. The number of nitrogens with one attached hydrogen (secondary N) is 1. The lowest BCUT2D eigenvalue weighted by Crippen LogP contribution is -2.27. The van der Waals surface area contributed by atoms with Gasteiger partial charge in [-0.2, -0.15) is 5.10 Å². The van der Waals surface area contributed by atoms with E-state index in [-0.39, 0.29) is 28.2 Å². The highest BCUT2D eigenvalue weighted by atomic mass is 32.1. The first-order valence-corrected chi connectivity index (χ1v) is 12.3. The quantitative estimate of drug-likeness (QED) is 0.522. The SMILES string of the molecule is CC(C)(C)[C@H]1CCc2c(sc(NC(=O)c3cnn4c(C(F)F)cc(C5CC5)nc34)c2C(N)=O)C1. The molecule has 3 aromatic heterocycles. The van der Waals surface area contributed by atoms with E-state index in [4.69, 9.17) is 5.73 Å². The minimum atomic E-state index is -2.75. The van der Waals surface area contributed by atoms with Crippen LogP contribution >= 0.6 is 11.3 Å². The summed E-state index contributed by atoms with van der Waals surface area (Å²) in [5, 5.41) is 7.21. The molecule has 3 aromatic rings. The summed E-state index contributed by atoms with van der Waals surface area (Å²) in [6.07, 6.45) is 2.76. The van der Waals surface area contributed by atoms with Crippen LogP contribution < -0.4 is 11.1 Å². The first-order chi connectivity index (χ1) is 16.0. The Balaban J connectivity index is 1.51. The molecule has 2 amide bonds. The van der Waals surface area contributed by atoms with Crippen molar-refractivity contribution in [3.05, 3.63) is 45.2 Å². The zero-order valence-electron chi connectivity index (χ0n) is 19.3. The Hall–Kier alpha value is -2.88. The molecule has 0 spiro atoms. The van der Waals surface area contributed by atoms with Gasteiger partial charge in [0.15, 0.2) is 5.65 Å². The molecule has 10 heteroatoms. The van der Waals surface area contributed by atoms with Gasteiger partial charge in [0.25, 0.3) is 18.2 Å². The zero-order valence-corrected chi connectivity index (χ0v) is 20.1. The van der Waals surface area contributed by atoms with Crippen LogP contribution in [0.3, 0.4) is 0 Å². The van der Waals surface area contributed by atoms with Gasteiger partial charge < -0.3 is 11.1 Å². The van der Waals surface area contributed by atoms with Gasteiger partial charge >= 0.3 is 0 Å². The van der Waals surface area contributed by atoms with Gasteiger partial charge in [0.2, 0.25) is 0 Å². The third-order valence-electron chi connectivity index (χ3n) is 6.95. The highest BCUT2D eigenvalue weighted by Crippen LogP contribution is 2.44. The number of fused-ring (bicyclic) bond motifs is 2. The average Bonchev–Trinajstić information content (AvgIpc) is 3.41. The molecule has 3 N–H and O–H groups in total. The largest absolute Gasteiger partial charge is 0.365 e. The number of carbonyl (C=O) groups excluding carboxylic acids is 2. The van der Waals surface area contributed by atoms with Crippen LogP contribution in [-0.4, -0.2) is 26.4 Å². The van der Waals surface area contributed by atoms with E-state index >= 15 is 0 Å². The second-order valence-corrected chi connectivity index (χ2v) is 11.4. The lowest BCUT2D eigenvalue weighted by molar-refractivity contribution is 0.1000. The molecule has 0 radical (unpaired) electrons. The maximum absolute atomic E-state index is 13.7. The maximum atomic E-state index is 13.7. The molecule has 34 heavy (non-hydrogen) atoms. The van der Waals surface area contributed by atoms with Gasteiger partial charge in [-0.15, -0.1) is 11.3 Å². The molecule has 0 aromatic carbocycles. The number of hydrogen-bond acceptors (Lipinski definition) is 5. The number of carbonyl (C=O) groups is 2. The lowest BCUT2D eigenvalue weighted by atomic mass is 9.72. The molecule has 1 atom stereocenters. The van der Waals surface area contributed by atoms with Crippen molar-refractivity contribution in [3.8, 4) is 0 Å². The summed E-state index contributed by atoms with van der Waals surface area (Å²) in [6.45, 7) is 6.61. The monoisotopic (exact) mass is 487 g/mol. The summed E-state index contributed by atoms with van der Waals surface area (Å²) in [5.41, 5.74) is 7.52. The normalized spacial score (nSPS) is 18.4. The summed E-state index contributed by atoms with van der Waals surface area (Å²) in [5.74, 6) is -0.546.